The van der Waals surface area contributed by atoms with E-state index in [0.29, 0.717) is 11.1 Å². The van der Waals surface area contributed by atoms with Gasteiger partial charge in [-0.25, -0.2) is 0 Å². The van der Waals surface area contributed by atoms with Crippen molar-refractivity contribution >= 4 is 0 Å². The quantitative estimate of drug-likeness (QED) is 0.552. The van der Waals surface area contributed by atoms with Crippen LogP contribution in [0.3, 0.4) is 0 Å². The summed E-state index contributed by atoms with van der Waals surface area (Å²) < 4.78 is 0. The van der Waals surface area contributed by atoms with Crippen LogP contribution in [0.25, 0.3) is 0 Å². The zero-order valence-electron chi connectivity index (χ0n) is 13.1. The molecule has 0 amide bonds. The van der Waals surface area contributed by atoms with Crippen LogP contribution >= 0.6 is 0 Å². The van der Waals surface area contributed by atoms with Gasteiger partial charge in [0.2, 0.25) is 0 Å². The van der Waals surface area contributed by atoms with Crippen LogP contribution in [-0.4, -0.2) is 20.4 Å². The van der Waals surface area contributed by atoms with E-state index in [-0.39, 0.29) is 28.6 Å². The largest absolute Gasteiger partial charge is 0.508 e. The Hall–Kier alpha value is -3.14. The normalized spacial score (nSPS) is 11.4. The highest BCUT2D eigenvalue weighted by Crippen LogP contribution is 2.50. The molecule has 4 N–H and O–H groups in total. The van der Waals surface area contributed by atoms with Gasteiger partial charge in [-0.3, -0.25) is 0 Å². The first-order valence-electron chi connectivity index (χ1n) is 7.54. The van der Waals surface area contributed by atoms with Gasteiger partial charge in [0.15, 0.2) is 0 Å². The van der Waals surface area contributed by atoms with Crippen LogP contribution in [-0.2, 0) is 5.41 Å². The second kappa shape index (κ2) is 5.81. The third kappa shape index (κ3) is 2.33. The van der Waals surface area contributed by atoms with Gasteiger partial charge in [-0.2, -0.15) is 0 Å². The SMILES string of the molecule is CC(c1ccccc1O)(c1ccccc1O)c1c(O)cccc1O. The summed E-state index contributed by atoms with van der Waals surface area (Å²) in [7, 11) is 0. The van der Waals surface area contributed by atoms with Crippen molar-refractivity contribution in [1.29, 1.82) is 0 Å². The molecule has 0 atom stereocenters. The van der Waals surface area contributed by atoms with Crippen molar-refractivity contribution in [2.75, 3.05) is 0 Å². The molecule has 122 valence electrons. The van der Waals surface area contributed by atoms with E-state index in [0.717, 1.165) is 0 Å². The first-order valence-corrected chi connectivity index (χ1v) is 7.54. The van der Waals surface area contributed by atoms with E-state index in [1.807, 2.05) is 0 Å². The smallest absolute Gasteiger partial charge is 0.123 e. The molecule has 0 aliphatic heterocycles. The van der Waals surface area contributed by atoms with Gasteiger partial charge < -0.3 is 20.4 Å². The van der Waals surface area contributed by atoms with E-state index in [1.54, 1.807) is 43.3 Å². The predicted molar refractivity (Wildman–Crippen MR) is 91.5 cm³/mol. The molecule has 3 aromatic carbocycles. The molecule has 0 radical (unpaired) electrons. The van der Waals surface area contributed by atoms with Crippen molar-refractivity contribution in [1.82, 2.24) is 0 Å². The molecule has 0 aliphatic carbocycles. The van der Waals surface area contributed by atoms with Gasteiger partial charge >= 0.3 is 0 Å². The molecule has 0 spiro atoms. The van der Waals surface area contributed by atoms with Crippen molar-refractivity contribution in [3.05, 3.63) is 83.4 Å². The molecular weight excluding hydrogens is 304 g/mol. The summed E-state index contributed by atoms with van der Waals surface area (Å²) in [6, 6.07) is 17.8. The van der Waals surface area contributed by atoms with Crippen LogP contribution in [0.5, 0.6) is 23.0 Å². The minimum atomic E-state index is -1.16. The average molecular weight is 322 g/mol. The minimum absolute atomic E-state index is 0.00547. The number of hydrogen-bond donors (Lipinski definition) is 4. The third-order valence-corrected chi connectivity index (χ3v) is 4.41. The summed E-state index contributed by atoms with van der Waals surface area (Å²) in [5.74, 6) is -0.232. The van der Waals surface area contributed by atoms with Crippen molar-refractivity contribution in [3.8, 4) is 23.0 Å². The summed E-state index contributed by atoms with van der Waals surface area (Å²) in [6.45, 7) is 1.74. The predicted octanol–water partition coefficient (Wildman–Crippen LogP) is 3.86. The van der Waals surface area contributed by atoms with Gasteiger partial charge in [0.1, 0.15) is 23.0 Å². The lowest BCUT2D eigenvalue weighted by Crippen LogP contribution is -2.26. The van der Waals surface area contributed by atoms with Crippen LogP contribution < -0.4 is 0 Å². The monoisotopic (exact) mass is 322 g/mol. The Kier molecular flexibility index (Phi) is 3.81. The van der Waals surface area contributed by atoms with E-state index in [2.05, 4.69) is 0 Å². The second-order valence-corrected chi connectivity index (χ2v) is 5.83. The standard InChI is InChI=1S/C20H18O4/c1-20(13-7-2-4-9-15(13)21,14-8-3-5-10-16(14)22)19-17(23)11-6-12-18(19)24/h2-12,21-24H,1H3. The number of aromatic hydroxyl groups is 4. The molecule has 0 unspecified atom stereocenters. The van der Waals surface area contributed by atoms with Crippen LogP contribution in [0.15, 0.2) is 66.7 Å². The van der Waals surface area contributed by atoms with Gasteiger partial charge in [0, 0.05) is 11.1 Å². The number of benzene rings is 3. The zero-order chi connectivity index (χ0) is 17.3. The van der Waals surface area contributed by atoms with Crippen LogP contribution in [0.4, 0.5) is 0 Å². The lowest BCUT2D eigenvalue weighted by atomic mass is 9.69. The van der Waals surface area contributed by atoms with E-state index < -0.39 is 5.41 Å². The minimum Gasteiger partial charge on any atom is -0.508 e. The molecule has 0 saturated carbocycles. The molecule has 0 fully saturated rings. The van der Waals surface area contributed by atoms with Crippen molar-refractivity contribution in [2.24, 2.45) is 0 Å². The average Bonchev–Trinajstić information content (AvgIpc) is 2.55. The first kappa shape index (κ1) is 15.7. The Morgan fingerprint density at radius 1 is 0.542 bits per heavy atom. The number of phenols is 4. The van der Waals surface area contributed by atoms with Gasteiger partial charge in [0.25, 0.3) is 0 Å². The van der Waals surface area contributed by atoms with Gasteiger partial charge in [-0.15, -0.1) is 0 Å². The van der Waals surface area contributed by atoms with Gasteiger partial charge in [0.05, 0.1) is 11.0 Å². The second-order valence-electron chi connectivity index (χ2n) is 5.83. The molecule has 24 heavy (non-hydrogen) atoms. The van der Waals surface area contributed by atoms with Gasteiger partial charge in [-0.05, 0) is 31.2 Å². The van der Waals surface area contributed by atoms with Gasteiger partial charge in [-0.1, -0.05) is 42.5 Å². The Morgan fingerprint density at radius 3 is 1.33 bits per heavy atom. The Balaban J connectivity index is 2.43. The van der Waals surface area contributed by atoms with Crippen LogP contribution in [0, 0.1) is 0 Å². The van der Waals surface area contributed by atoms with Crippen LogP contribution in [0.2, 0.25) is 0 Å². The van der Waals surface area contributed by atoms with E-state index in [4.69, 9.17) is 0 Å². The molecule has 3 aromatic rings. The molecule has 0 bridgehead atoms. The maximum absolute atomic E-state index is 10.4. The zero-order valence-corrected chi connectivity index (χ0v) is 13.1. The number of rotatable bonds is 3. The maximum Gasteiger partial charge on any atom is 0.123 e. The topological polar surface area (TPSA) is 80.9 Å². The number of hydrogen-bond acceptors (Lipinski definition) is 4. The Labute approximate surface area is 139 Å². The summed E-state index contributed by atoms with van der Waals surface area (Å²) in [5, 5.41) is 41.6. The first-order chi connectivity index (χ1) is 11.5. The lowest BCUT2D eigenvalue weighted by Gasteiger charge is -2.33. The van der Waals surface area contributed by atoms with Crippen molar-refractivity contribution in [3.63, 3.8) is 0 Å². The lowest BCUT2D eigenvalue weighted by molar-refractivity contribution is 0.407. The molecule has 0 aliphatic rings. The fourth-order valence-electron chi connectivity index (χ4n) is 3.25. The summed E-state index contributed by atoms with van der Waals surface area (Å²) in [5.41, 5.74) is -0.0221. The van der Waals surface area contributed by atoms with Crippen molar-refractivity contribution < 1.29 is 20.4 Å². The summed E-state index contributed by atoms with van der Waals surface area (Å²) in [4.78, 5) is 0. The van der Waals surface area contributed by atoms with E-state index in [1.165, 1.54) is 30.3 Å². The number of para-hydroxylation sites is 2. The van der Waals surface area contributed by atoms with E-state index >= 15 is 0 Å². The Bertz CT molecular complexity index is 821. The highest BCUT2D eigenvalue weighted by molar-refractivity contribution is 5.63. The fourth-order valence-corrected chi connectivity index (χ4v) is 3.25. The molecule has 0 heterocycles. The maximum atomic E-state index is 10.4. The molecule has 3 rings (SSSR count). The number of phenolic OH excluding ortho intramolecular Hbond substituents is 4. The van der Waals surface area contributed by atoms with Crippen molar-refractivity contribution in [2.45, 2.75) is 12.3 Å². The fraction of sp³-hybridized carbons (Fsp3) is 0.100. The molecule has 4 heteroatoms. The molecular formula is C20H18O4. The highest BCUT2D eigenvalue weighted by atomic mass is 16.3. The van der Waals surface area contributed by atoms with Crippen LogP contribution in [0.1, 0.15) is 23.6 Å². The summed E-state index contributed by atoms with van der Waals surface area (Å²) >= 11 is 0. The molecule has 4 nitrogen and oxygen atoms in total. The molecule has 0 aromatic heterocycles. The highest BCUT2D eigenvalue weighted by Gasteiger charge is 2.39. The Morgan fingerprint density at radius 2 is 0.917 bits per heavy atom. The summed E-state index contributed by atoms with van der Waals surface area (Å²) in [6.07, 6.45) is 0. The third-order valence-electron chi connectivity index (χ3n) is 4.41. The molecule has 0 saturated heterocycles. The van der Waals surface area contributed by atoms with E-state index in [9.17, 15) is 20.4 Å².